The molecule has 2 aromatic carbocycles. The third kappa shape index (κ3) is 4.41. The highest BCUT2D eigenvalue weighted by molar-refractivity contribution is 7.23. The number of thiophene rings is 1. The second kappa shape index (κ2) is 11.0. The number of anilines is 2. The fourth-order valence-corrected chi connectivity index (χ4v) is 9.01. The summed E-state index contributed by atoms with van der Waals surface area (Å²) in [5.74, 6) is -0.762. The Hall–Kier alpha value is -3.57. The molecular formula is C32H30ClF3N6O3S. The van der Waals surface area contributed by atoms with Gasteiger partial charge in [0.25, 0.3) is 0 Å². The standard InChI is InChI=1S/C32H30ClF3N6O3S/c1-43-17-9-16(10-17)42-7-8-44-27-23-26(39-31(40-30(23)42)45-14-32-5-2-6-41(32)13-15(34)11-32)25(36)22(24(27)33)18-3-4-20(35)28-21(18)19(12-37)29(38)46-28/h3-4,15-17H,2,5-11,13-14,38H2,1H3/t15-,16?,17?,32+/m1/s1. The van der Waals surface area contributed by atoms with E-state index in [0.29, 0.717) is 30.7 Å². The topological polar surface area (TPSA) is 110 Å². The van der Waals surface area contributed by atoms with Crippen molar-refractivity contribution in [1.29, 1.82) is 5.26 Å². The summed E-state index contributed by atoms with van der Waals surface area (Å²) in [6.07, 6.45) is 2.75. The van der Waals surface area contributed by atoms with Crippen LogP contribution < -0.4 is 20.1 Å². The van der Waals surface area contributed by atoms with E-state index in [9.17, 15) is 14.0 Å². The molecule has 4 aromatic rings. The lowest BCUT2D eigenvalue weighted by molar-refractivity contribution is 0.0248. The van der Waals surface area contributed by atoms with E-state index in [2.05, 4.69) is 14.8 Å². The average Bonchev–Trinajstić information content (AvgIpc) is 3.61. The molecule has 1 aliphatic carbocycles. The summed E-state index contributed by atoms with van der Waals surface area (Å²) in [4.78, 5) is 13.6. The summed E-state index contributed by atoms with van der Waals surface area (Å²) in [7, 11) is 1.68. The van der Waals surface area contributed by atoms with Crippen molar-refractivity contribution in [3.05, 3.63) is 34.4 Å². The number of alkyl halides is 1. The molecule has 2 atom stereocenters. The molecule has 4 aliphatic rings. The van der Waals surface area contributed by atoms with E-state index in [0.717, 1.165) is 43.6 Å². The monoisotopic (exact) mass is 670 g/mol. The van der Waals surface area contributed by atoms with Gasteiger partial charge in [0, 0.05) is 37.1 Å². The number of nitrogen functional groups attached to an aromatic ring is 1. The van der Waals surface area contributed by atoms with Gasteiger partial charge in [0.15, 0.2) is 11.6 Å². The SMILES string of the molecule is COC1CC(N2CCOc3c(Cl)c(-c4ccc(F)c5sc(N)c(C#N)c45)c(F)c4nc(OC[C@@]56CCCN5C[C@H](F)C6)nc2c34)C1. The molecule has 46 heavy (non-hydrogen) atoms. The van der Waals surface area contributed by atoms with Crippen molar-refractivity contribution in [1.82, 2.24) is 14.9 Å². The number of methoxy groups -OCH3 is 1. The van der Waals surface area contributed by atoms with Gasteiger partial charge in [-0.15, -0.1) is 11.3 Å². The first kappa shape index (κ1) is 29.8. The maximum atomic E-state index is 17.1. The quantitative estimate of drug-likeness (QED) is 0.255. The Bertz CT molecular complexity index is 1950. The van der Waals surface area contributed by atoms with Crippen LogP contribution in [0.4, 0.5) is 24.0 Å². The molecule has 3 aliphatic heterocycles. The molecule has 0 spiro atoms. The molecule has 0 radical (unpaired) electrons. The first-order valence-electron chi connectivity index (χ1n) is 15.3. The molecule has 2 saturated heterocycles. The number of hydrogen-bond acceptors (Lipinski definition) is 10. The Morgan fingerprint density at radius 3 is 2.85 bits per heavy atom. The van der Waals surface area contributed by atoms with Gasteiger partial charge < -0.3 is 24.8 Å². The molecule has 5 heterocycles. The van der Waals surface area contributed by atoms with Gasteiger partial charge in [0.05, 0.1) is 38.9 Å². The molecule has 0 unspecified atom stereocenters. The second-order valence-corrected chi connectivity index (χ2v) is 14.0. The molecule has 0 amide bonds. The molecule has 9 nitrogen and oxygen atoms in total. The Balaban J connectivity index is 1.33. The van der Waals surface area contributed by atoms with E-state index in [1.165, 1.54) is 12.1 Å². The Morgan fingerprint density at radius 2 is 2.07 bits per heavy atom. The van der Waals surface area contributed by atoms with Crippen molar-refractivity contribution in [2.75, 3.05) is 50.6 Å². The molecular weight excluding hydrogens is 641 g/mol. The van der Waals surface area contributed by atoms with Crippen LogP contribution in [0.15, 0.2) is 12.1 Å². The predicted octanol–water partition coefficient (Wildman–Crippen LogP) is 6.23. The molecule has 3 fully saturated rings. The maximum absolute atomic E-state index is 17.1. The van der Waals surface area contributed by atoms with Gasteiger partial charge in [-0.05, 0) is 43.9 Å². The Kier molecular flexibility index (Phi) is 7.13. The third-order valence-corrected chi connectivity index (χ3v) is 11.5. The summed E-state index contributed by atoms with van der Waals surface area (Å²) in [6, 6.07) is 4.63. The minimum absolute atomic E-state index is 0.0382. The first-order valence-corrected chi connectivity index (χ1v) is 16.5. The maximum Gasteiger partial charge on any atom is 0.319 e. The fraction of sp³-hybridized carbons (Fsp3) is 0.469. The van der Waals surface area contributed by atoms with E-state index in [-0.39, 0.29) is 79.4 Å². The second-order valence-electron chi connectivity index (χ2n) is 12.5. The van der Waals surface area contributed by atoms with Crippen molar-refractivity contribution in [3.8, 4) is 29.0 Å². The largest absolute Gasteiger partial charge is 0.489 e. The highest BCUT2D eigenvalue weighted by Crippen LogP contribution is 2.51. The van der Waals surface area contributed by atoms with Crippen LogP contribution in [-0.4, -0.2) is 78.7 Å². The summed E-state index contributed by atoms with van der Waals surface area (Å²) in [5, 5.41) is 10.4. The molecule has 8 rings (SSSR count). The van der Waals surface area contributed by atoms with Gasteiger partial charge in [-0.25, -0.2) is 13.2 Å². The summed E-state index contributed by atoms with van der Waals surface area (Å²) >= 11 is 7.91. The summed E-state index contributed by atoms with van der Waals surface area (Å²) in [6.45, 7) is 1.99. The minimum atomic E-state index is -0.937. The normalized spacial score (nSPS) is 25.7. The molecule has 0 bridgehead atoms. The van der Waals surface area contributed by atoms with E-state index in [1.54, 1.807) is 7.11 Å². The molecule has 2 aromatic heterocycles. The van der Waals surface area contributed by atoms with E-state index in [4.69, 9.17) is 36.5 Å². The first-order chi connectivity index (χ1) is 22.2. The number of benzene rings is 2. The van der Waals surface area contributed by atoms with Crippen LogP contribution in [0, 0.1) is 23.0 Å². The number of rotatable bonds is 6. The lowest BCUT2D eigenvalue weighted by Crippen LogP contribution is -2.49. The highest BCUT2D eigenvalue weighted by Gasteiger charge is 2.49. The number of aromatic nitrogens is 2. The predicted molar refractivity (Wildman–Crippen MR) is 170 cm³/mol. The van der Waals surface area contributed by atoms with Crippen LogP contribution >= 0.6 is 22.9 Å². The summed E-state index contributed by atoms with van der Waals surface area (Å²) in [5.41, 5.74) is 5.67. The number of nitriles is 1. The van der Waals surface area contributed by atoms with Gasteiger partial charge in [0.1, 0.15) is 47.6 Å². The minimum Gasteiger partial charge on any atom is -0.489 e. The van der Waals surface area contributed by atoms with Crippen LogP contribution in [0.3, 0.4) is 0 Å². The fourth-order valence-electron chi connectivity index (χ4n) is 7.73. The molecule has 240 valence electrons. The van der Waals surface area contributed by atoms with Crippen molar-refractivity contribution >= 4 is 54.7 Å². The number of hydrogen-bond donors (Lipinski definition) is 1. The van der Waals surface area contributed by atoms with Gasteiger partial charge in [-0.3, -0.25) is 4.90 Å². The van der Waals surface area contributed by atoms with E-state index < -0.39 is 23.3 Å². The molecule has 14 heteroatoms. The Morgan fingerprint density at radius 1 is 1.24 bits per heavy atom. The number of halogens is 4. The zero-order chi connectivity index (χ0) is 31.9. The number of ether oxygens (including phenoxy) is 3. The van der Waals surface area contributed by atoms with Crippen LogP contribution in [0.5, 0.6) is 11.8 Å². The third-order valence-electron chi connectivity index (χ3n) is 10.1. The van der Waals surface area contributed by atoms with Crippen molar-refractivity contribution in [3.63, 3.8) is 0 Å². The van der Waals surface area contributed by atoms with Crippen LogP contribution in [0.2, 0.25) is 5.02 Å². The van der Waals surface area contributed by atoms with Crippen molar-refractivity contribution in [2.45, 2.75) is 56.0 Å². The van der Waals surface area contributed by atoms with Gasteiger partial charge >= 0.3 is 6.01 Å². The smallest absolute Gasteiger partial charge is 0.319 e. The zero-order valence-corrected chi connectivity index (χ0v) is 26.5. The Labute approximate surface area is 271 Å². The molecule has 1 saturated carbocycles. The number of nitrogens with two attached hydrogens (primary N) is 1. The van der Waals surface area contributed by atoms with Gasteiger partial charge in [-0.1, -0.05) is 17.7 Å². The van der Waals surface area contributed by atoms with Gasteiger partial charge in [-0.2, -0.15) is 15.2 Å². The lowest BCUT2D eigenvalue weighted by atomic mass is 9.87. The highest BCUT2D eigenvalue weighted by atomic mass is 35.5. The van der Waals surface area contributed by atoms with Crippen molar-refractivity contribution in [2.24, 2.45) is 0 Å². The van der Waals surface area contributed by atoms with Crippen LogP contribution in [0.1, 0.15) is 37.7 Å². The lowest BCUT2D eigenvalue weighted by Gasteiger charge is -2.42. The van der Waals surface area contributed by atoms with Crippen LogP contribution in [0.25, 0.3) is 32.1 Å². The average molecular weight is 671 g/mol. The van der Waals surface area contributed by atoms with Crippen LogP contribution in [-0.2, 0) is 4.74 Å². The van der Waals surface area contributed by atoms with Crippen molar-refractivity contribution < 1.29 is 27.4 Å². The molecule has 2 N–H and O–H groups in total. The number of nitrogens with zero attached hydrogens (tertiary/aromatic N) is 5. The van der Waals surface area contributed by atoms with Gasteiger partial charge in [0.2, 0.25) is 0 Å². The zero-order valence-electron chi connectivity index (χ0n) is 24.9. The summed E-state index contributed by atoms with van der Waals surface area (Å²) < 4.78 is 64.6. The van der Waals surface area contributed by atoms with E-state index in [1.807, 2.05) is 6.07 Å². The van der Waals surface area contributed by atoms with E-state index >= 15 is 4.39 Å². The number of fused-ring (bicyclic) bond motifs is 2.